The zero-order valence-corrected chi connectivity index (χ0v) is 13.0. The molecule has 1 heterocycles. The van der Waals surface area contributed by atoms with Gasteiger partial charge in [0.1, 0.15) is 0 Å². The number of likely N-dealkylation sites (tertiary alicyclic amines) is 1. The third-order valence-electron chi connectivity index (χ3n) is 4.06. The molecule has 5 nitrogen and oxygen atoms in total. The molecule has 0 aromatic heterocycles. The molecule has 1 aliphatic heterocycles. The Morgan fingerprint density at radius 1 is 1.36 bits per heavy atom. The average molecular weight is 305 g/mol. The second-order valence-corrected chi connectivity index (χ2v) is 5.71. The molecule has 1 fully saturated rings. The van der Waals surface area contributed by atoms with E-state index in [0.717, 1.165) is 24.8 Å². The van der Waals surface area contributed by atoms with Crippen LogP contribution in [-0.2, 0) is 16.1 Å². The molecular formula is C17H23NO4. The van der Waals surface area contributed by atoms with E-state index in [1.165, 1.54) is 0 Å². The summed E-state index contributed by atoms with van der Waals surface area (Å²) in [6, 6.07) is 7.48. The fourth-order valence-corrected chi connectivity index (χ4v) is 2.98. The first kappa shape index (κ1) is 16.5. The zero-order valence-electron chi connectivity index (χ0n) is 13.0. The number of carbonyl (C=O) groups is 2. The predicted octanol–water partition coefficient (Wildman–Crippen LogP) is 2.69. The first-order chi connectivity index (χ1) is 10.6. The average Bonchev–Trinajstić information content (AvgIpc) is 2.53. The lowest BCUT2D eigenvalue weighted by Gasteiger charge is -2.35. The highest BCUT2D eigenvalue weighted by molar-refractivity contribution is 5.94. The largest absolute Gasteiger partial charge is 0.481 e. The summed E-state index contributed by atoms with van der Waals surface area (Å²) in [4.78, 5) is 25.4. The van der Waals surface area contributed by atoms with Crippen molar-refractivity contribution in [3.05, 3.63) is 35.4 Å². The van der Waals surface area contributed by atoms with Gasteiger partial charge in [-0.2, -0.15) is 0 Å². The molecule has 1 aromatic carbocycles. The molecule has 0 radical (unpaired) electrons. The van der Waals surface area contributed by atoms with Crippen molar-refractivity contribution >= 4 is 11.9 Å². The van der Waals surface area contributed by atoms with Gasteiger partial charge >= 0.3 is 5.97 Å². The van der Waals surface area contributed by atoms with Crippen molar-refractivity contribution in [2.75, 3.05) is 13.7 Å². The second-order valence-electron chi connectivity index (χ2n) is 5.71. The van der Waals surface area contributed by atoms with E-state index >= 15 is 0 Å². The first-order valence-corrected chi connectivity index (χ1v) is 7.72. The summed E-state index contributed by atoms with van der Waals surface area (Å²) in [6.45, 7) is 1.18. The van der Waals surface area contributed by atoms with Gasteiger partial charge in [0.15, 0.2) is 0 Å². The van der Waals surface area contributed by atoms with Crippen LogP contribution in [0, 0.1) is 0 Å². The lowest BCUT2D eigenvalue weighted by Crippen LogP contribution is -2.44. The fourth-order valence-electron chi connectivity index (χ4n) is 2.98. The molecule has 5 heteroatoms. The van der Waals surface area contributed by atoms with Crippen LogP contribution in [0.4, 0.5) is 0 Å². The van der Waals surface area contributed by atoms with Gasteiger partial charge in [-0.3, -0.25) is 9.59 Å². The highest BCUT2D eigenvalue weighted by Crippen LogP contribution is 2.23. The summed E-state index contributed by atoms with van der Waals surface area (Å²) in [7, 11) is 1.63. The maximum atomic E-state index is 12.7. The summed E-state index contributed by atoms with van der Waals surface area (Å²) >= 11 is 0. The van der Waals surface area contributed by atoms with Gasteiger partial charge in [-0.05, 0) is 43.4 Å². The van der Waals surface area contributed by atoms with E-state index < -0.39 is 5.97 Å². The maximum Gasteiger partial charge on any atom is 0.303 e. The molecule has 1 atom stereocenters. The number of piperidine rings is 1. The van der Waals surface area contributed by atoms with E-state index in [-0.39, 0.29) is 18.4 Å². The molecule has 22 heavy (non-hydrogen) atoms. The fraction of sp³-hybridized carbons (Fsp3) is 0.529. The van der Waals surface area contributed by atoms with Crippen LogP contribution in [0.3, 0.4) is 0 Å². The second kappa shape index (κ2) is 7.94. The van der Waals surface area contributed by atoms with Gasteiger partial charge in [0.25, 0.3) is 5.91 Å². The normalized spacial score (nSPS) is 18.2. The zero-order chi connectivity index (χ0) is 15.9. The van der Waals surface area contributed by atoms with Crippen LogP contribution < -0.4 is 0 Å². The van der Waals surface area contributed by atoms with Gasteiger partial charge in [-0.25, -0.2) is 0 Å². The molecule has 1 aromatic rings. The third kappa shape index (κ3) is 4.31. The van der Waals surface area contributed by atoms with Crippen LogP contribution in [0.2, 0.25) is 0 Å². The quantitative estimate of drug-likeness (QED) is 0.877. The number of carboxylic acid groups (broad SMARTS) is 1. The molecule has 1 saturated heterocycles. The Morgan fingerprint density at radius 2 is 2.18 bits per heavy atom. The Labute approximate surface area is 130 Å². The lowest BCUT2D eigenvalue weighted by atomic mass is 9.96. The number of ether oxygens (including phenoxy) is 1. The summed E-state index contributed by atoms with van der Waals surface area (Å²) in [6.07, 6.45) is 3.55. The number of amides is 1. The van der Waals surface area contributed by atoms with E-state index in [2.05, 4.69) is 0 Å². The summed E-state index contributed by atoms with van der Waals surface area (Å²) < 4.78 is 5.10. The summed E-state index contributed by atoms with van der Waals surface area (Å²) in [5.74, 6) is -0.812. The van der Waals surface area contributed by atoms with Crippen molar-refractivity contribution < 1.29 is 19.4 Å². The number of methoxy groups -OCH3 is 1. The molecule has 1 aliphatic rings. The maximum absolute atomic E-state index is 12.7. The molecular weight excluding hydrogens is 282 g/mol. The van der Waals surface area contributed by atoms with Gasteiger partial charge in [0.05, 0.1) is 6.61 Å². The van der Waals surface area contributed by atoms with E-state index in [4.69, 9.17) is 9.84 Å². The molecule has 0 spiro atoms. The van der Waals surface area contributed by atoms with Crippen LogP contribution >= 0.6 is 0 Å². The minimum Gasteiger partial charge on any atom is -0.481 e. The predicted molar refractivity (Wildman–Crippen MR) is 82.7 cm³/mol. The molecule has 0 unspecified atom stereocenters. The Balaban J connectivity index is 2.10. The number of carbonyl (C=O) groups excluding carboxylic acids is 1. The molecule has 0 bridgehead atoms. The third-order valence-corrected chi connectivity index (χ3v) is 4.06. The molecule has 0 saturated carbocycles. The van der Waals surface area contributed by atoms with E-state index in [1.54, 1.807) is 7.11 Å². The van der Waals surface area contributed by atoms with Crippen molar-refractivity contribution in [1.82, 2.24) is 4.90 Å². The van der Waals surface area contributed by atoms with Crippen LogP contribution in [-0.4, -0.2) is 41.6 Å². The van der Waals surface area contributed by atoms with Gasteiger partial charge in [0.2, 0.25) is 0 Å². The van der Waals surface area contributed by atoms with Crippen molar-refractivity contribution in [3.8, 4) is 0 Å². The smallest absolute Gasteiger partial charge is 0.303 e. The summed E-state index contributed by atoms with van der Waals surface area (Å²) in [5, 5.41) is 8.86. The monoisotopic (exact) mass is 305 g/mol. The Hall–Kier alpha value is -1.88. The van der Waals surface area contributed by atoms with Crippen LogP contribution in [0.5, 0.6) is 0 Å². The Morgan fingerprint density at radius 3 is 2.91 bits per heavy atom. The van der Waals surface area contributed by atoms with Crippen molar-refractivity contribution in [1.29, 1.82) is 0 Å². The van der Waals surface area contributed by atoms with E-state index in [9.17, 15) is 9.59 Å². The number of aliphatic carboxylic acids is 1. The number of hydrogen-bond donors (Lipinski definition) is 1. The number of benzene rings is 1. The van der Waals surface area contributed by atoms with Gasteiger partial charge in [-0.15, -0.1) is 0 Å². The lowest BCUT2D eigenvalue weighted by molar-refractivity contribution is -0.137. The molecule has 1 amide bonds. The number of nitrogens with zero attached hydrogens (tertiary/aromatic N) is 1. The highest BCUT2D eigenvalue weighted by Gasteiger charge is 2.27. The van der Waals surface area contributed by atoms with Crippen LogP contribution in [0.25, 0.3) is 0 Å². The number of rotatable bonds is 6. The number of carboxylic acids is 1. The van der Waals surface area contributed by atoms with E-state index in [1.807, 2.05) is 29.2 Å². The SMILES string of the molecule is COCc1cccc(C(=O)N2CCCC[C@H]2CCC(=O)O)c1. The molecule has 1 N–H and O–H groups in total. The van der Waals surface area contributed by atoms with Gasteiger partial charge in [-0.1, -0.05) is 12.1 Å². The van der Waals surface area contributed by atoms with Gasteiger partial charge < -0.3 is 14.7 Å². The minimum atomic E-state index is -0.805. The number of hydrogen-bond acceptors (Lipinski definition) is 3. The first-order valence-electron chi connectivity index (χ1n) is 7.72. The van der Waals surface area contributed by atoms with Crippen molar-refractivity contribution in [2.45, 2.75) is 44.8 Å². The summed E-state index contributed by atoms with van der Waals surface area (Å²) in [5.41, 5.74) is 1.62. The Kier molecular flexibility index (Phi) is 5.95. The molecule has 120 valence electrons. The topological polar surface area (TPSA) is 66.8 Å². The molecule has 0 aliphatic carbocycles. The van der Waals surface area contributed by atoms with Crippen LogP contribution in [0.1, 0.15) is 48.0 Å². The standard InChI is InChI=1S/C17H23NO4/c1-22-12-13-5-4-6-14(11-13)17(21)18-10-3-2-7-15(18)8-9-16(19)20/h4-6,11,15H,2-3,7-10,12H2,1H3,(H,19,20)/t15-/m0/s1. The Bertz CT molecular complexity index is 529. The minimum absolute atomic E-state index is 0.00644. The van der Waals surface area contributed by atoms with Gasteiger partial charge in [0, 0.05) is 31.7 Å². The van der Waals surface area contributed by atoms with Crippen LogP contribution in [0.15, 0.2) is 24.3 Å². The highest BCUT2D eigenvalue weighted by atomic mass is 16.5. The van der Waals surface area contributed by atoms with E-state index in [0.29, 0.717) is 25.1 Å². The van der Waals surface area contributed by atoms with Crippen molar-refractivity contribution in [2.24, 2.45) is 0 Å². The molecule has 2 rings (SSSR count). The van der Waals surface area contributed by atoms with Crippen molar-refractivity contribution in [3.63, 3.8) is 0 Å².